The Morgan fingerprint density at radius 1 is 0.559 bits per heavy atom. The van der Waals surface area contributed by atoms with Gasteiger partial charge in [0.15, 0.2) is 13.2 Å². The molecule has 0 N–H and O–H groups in total. The molecule has 0 aromatic rings. The standard InChI is InChI=1S/C22H38O10S2/c23-21(31-19-11-5-3-6-12-19)17-29-33(25,26)15-9-1-2-10-16-34(27,28)30-18-22(24)32-20-13-7-4-8-14-20/h19-20H,1-18H2. The van der Waals surface area contributed by atoms with E-state index in [2.05, 4.69) is 0 Å². The predicted molar refractivity (Wildman–Crippen MR) is 124 cm³/mol. The van der Waals surface area contributed by atoms with Crippen LogP contribution in [0.4, 0.5) is 0 Å². The average molecular weight is 527 g/mol. The van der Waals surface area contributed by atoms with Crippen LogP contribution in [0, 0.1) is 0 Å². The molecule has 0 unspecified atom stereocenters. The zero-order valence-electron chi connectivity index (χ0n) is 19.8. The molecule has 2 saturated carbocycles. The van der Waals surface area contributed by atoms with E-state index in [1.807, 2.05) is 0 Å². The second kappa shape index (κ2) is 15.0. The van der Waals surface area contributed by atoms with Crippen LogP contribution in [0.5, 0.6) is 0 Å². The first-order valence-corrected chi connectivity index (χ1v) is 15.4. The normalized spacial score (nSPS) is 18.5. The number of carbonyl (C=O) groups is 2. The van der Waals surface area contributed by atoms with Gasteiger partial charge in [0.25, 0.3) is 20.2 Å². The fourth-order valence-electron chi connectivity index (χ4n) is 4.11. The summed E-state index contributed by atoms with van der Waals surface area (Å²) in [5.41, 5.74) is 0. The summed E-state index contributed by atoms with van der Waals surface area (Å²) < 4.78 is 67.6. The molecule has 0 spiro atoms. The Morgan fingerprint density at radius 3 is 1.26 bits per heavy atom. The topological polar surface area (TPSA) is 139 Å². The molecule has 0 aromatic carbocycles. The molecule has 2 aliphatic rings. The Hall–Kier alpha value is -1.24. The summed E-state index contributed by atoms with van der Waals surface area (Å²) in [4.78, 5) is 23.5. The smallest absolute Gasteiger partial charge is 0.333 e. The molecular weight excluding hydrogens is 488 g/mol. The van der Waals surface area contributed by atoms with Crippen molar-refractivity contribution in [2.75, 3.05) is 24.7 Å². The van der Waals surface area contributed by atoms with Gasteiger partial charge in [0.05, 0.1) is 11.5 Å². The lowest BCUT2D eigenvalue weighted by atomic mass is 9.98. The SMILES string of the molecule is O=C(COS(=O)(=O)CCCCCCS(=O)(=O)OCC(=O)OC1CCCCC1)OC1CCCCC1. The molecule has 0 heterocycles. The highest BCUT2D eigenvalue weighted by molar-refractivity contribution is 7.86. The summed E-state index contributed by atoms with van der Waals surface area (Å²) >= 11 is 0. The van der Waals surface area contributed by atoms with Gasteiger partial charge in [-0.15, -0.1) is 0 Å². The minimum Gasteiger partial charge on any atom is -0.461 e. The number of hydrogen-bond acceptors (Lipinski definition) is 10. The van der Waals surface area contributed by atoms with E-state index in [9.17, 15) is 26.4 Å². The fraction of sp³-hybridized carbons (Fsp3) is 0.909. The molecule has 0 aliphatic heterocycles. The maximum atomic E-state index is 11.9. The van der Waals surface area contributed by atoms with E-state index in [-0.39, 0.29) is 36.6 Å². The lowest BCUT2D eigenvalue weighted by Gasteiger charge is -2.21. The molecule has 2 fully saturated rings. The van der Waals surface area contributed by atoms with Gasteiger partial charge >= 0.3 is 11.9 Å². The van der Waals surface area contributed by atoms with Crippen LogP contribution >= 0.6 is 0 Å². The lowest BCUT2D eigenvalue weighted by molar-refractivity contribution is -0.153. The summed E-state index contributed by atoms with van der Waals surface area (Å²) in [6.45, 7) is -1.25. The third kappa shape index (κ3) is 13.0. The first kappa shape index (κ1) is 29.0. The first-order chi connectivity index (χ1) is 16.2. The van der Waals surface area contributed by atoms with Crippen LogP contribution in [0.25, 0.3) is 0 Å². The first-order valence-electron chi connectivity index (χ1n) is 12.3. The maximum absolute atomic E-state index is 11.9. The molecule has 0 aromatic heterocycles. The highest BCUT2D eigenvalue weighted by Crippen LogP contribution is 2.21. The predicted octanol–water partition coefficient (Wildman–Crippen LogP) is 2.99. The largest absolute Gasteiger partial charge is 0.461 e. The fourth-order valence-corrected chi connectivity index (χ4v) is 6.01. The van der Waals surface area contributed by atoms with Crippen LogP contribution < -0.4 is 0 Å². The van der Waals surface area contributed by atoms with E-state index in [0.717, 1.165) is 64.2 Å². The molecule has 10 nitrogen and oxygen atoms in total. The van der Waals surface area contributed by atoms with Gasteiger partial charge < -0.3 is 9.47 Å². The Morgan fingerprint density at radius 2 is 0.912 bits per heavy atom. The van der Waals surface area contributed by atoms with Crippen LogP contribution in [-0.2, 0) is 47.7 Å². The molecule has 0 radical (unpaired) electrons. The van der Waals surface area contributed by atoms with Gasteiger partial charge in [0.2, 0.25) is 0 Å². The van der Waals surface area contributed by atoms with Gasteiger partial charge in [0.1, 0.15) is 12.2 Å². The van der Waals surface area contributed by atoms with Crippen molar-refractivity contribution in [1.82, 2.24) is 0 Å². The quantitative estimate of drug-likeness (QED) is 0.178. The molecular formula is C22H38O10S2. The van der Waals surface area contributed by atoms with E-state index >= 15 is 0 Å². The van der Waals surface area contributed by atoms with Crippen LogP contribution in [0.3, 0.4) is 0 Å². The zero-order valence-corrected chi connectivity index (χ0v) is 21.4. The highest BCUT2D eigenvalue weighted by Gasteiger charge is 2.21. The van der Waals surface area contributed by atoms with Crippen molar-refractivity contribution in [3.8, 4) is 0 Å². The van der Waals surface area contributed by atoms with E-state index in [1.54, 1.807) is 0 Å². The van der Waals surface area contributed by atoms with Crippen LogP contribution in [-0.4, -0.2) is 65.7 Å². The molecule has 2 aliphatic carbocycles. The van der Waals surface area contributed by atoms with Gasteiger partial charge in [-0.3, -0.25) is 8.37 Å². The van der Waals surface area contributed by atoms with Crippen molar-refractivity contribution < 1.29 is 44.3 Å². The summed E-state index contributed by atoms with van der Waals surface area (Å²) in [6.07, 6.45) is 10.6. The molecule has 0 bridgehead atoms. The van der Waals surface area contributed by atoms with Crippen LogP contribution in [0.2, 0.25) is 0 Å². The minimum atomic E-state index is -3.86. The second-order valence-electron chi connectivity index (χ2n) is 8.96. The van der Waals surface area contributed by atoms with Crippen molar-refractivity contribution in [3.63, 3.8) is 0 Å². The van der Waals surface area contributed by atoms with Crippen LogP contribution in [0.1, 0.15) is 89.9 Å². The molecule has 2 rings (SSSR count). The minimum absolute atomic E-state index is 0.157. The lowest BCUT2D eigenvalue weighted by Crippen LogP contribution is -2.25. The Labute approximate surface area is 203 Å². The van der Waals surface area contributed by atoms with E-state index in [0.29, 0.717) is 12.8 Å². The van der Waals surface area contributed by atoms with Crippen molar-refractivity contribution in [2.24, 2.45) is 0 Å². The number of hydrogen-bond donors (Lipinski definition) is 0. The van der Waals surface area contributed by atoms with Crippen molar-refractivity contribution in [2.45, 2.75) is 102 Å². The van der Waals surface area contributed by atoms with Gasteiger partial charge in [-0.2, -0.15) is 16.8 Å². The van der Waals surface area contributed by atoms with Crippen molar-refractivity contribution >= 4 is 32.2 Å². The highest BCUT2D eigenvalue weighted by atomic mass is 32.2. The van der Waals surface area contributed by atoms with E-state index in [4.69, 9.17) is 17.8 Å². The van der Waals surface area contributed by atoms with Gasteiger partial charge in [-0.25, -0.2) is 9.59 Å². The number of carbonyl (C=O) groups excluding carboxylic acids is 2. The number of ether oxygens (including phenoxy) is 2. The third-order valence-corrected chi connectivity index (χ3v) is 8.48. The maximum Gasteiger partial charge on any atom is 0.333 e. The second-order valence-corrected chi connectivity index (χ2v) is 12.5. The monoisotopic (exact) mass is 526 g/mol. The molecule has 198 valence electrons. The van der Waals surface area contributed by atoms with E-state index in [1.165, 1.54) is 0 Å². The van der Waals surface area contributed by atoms with Gasteiger partial charge in [-0.05, 0) is 64.2 Å². The average Bonchev–Trinajstić information content (AvgIpc) is 2.80. The summed E-state index contributed by atoms with van der Waals surface area (Å²) in [5.74, 6) is -1.88. The molecule has 0 atom stereocenters. The number of rotatable bonds is 15. The Bertz CT molecular complexity index is 756. The van der Waals surface area contributed by atoms with Crippen LogP contribution in [0.15, 0.2) is 0 Å². The van der Waals surface area contributed by atoms with E-state index < -0.39 is 45.4 Å². The zero-order chi connectivity index (χ0) is 24.9. The molecule has 12 heteroatoms. The van der Waals surface area contributed by atoms with Gasteiger partial charge in [-0.1, -0.05) is 25.7 Å². The summed E-state index contributed by atoms with van der Waals surface area (Å²) in [6, 6.07) is 0. The Kier molecular flexibility index (Phi) is 12.8. The molecule has 34 heavy (non-hydrogen) atoms. The third-order valence-electron chi connectivity index (χ3n) is 5.95. The number of unbranched alkanes of at least 4 members (excludes halogenated alkanes) is 3. The van der Waals surface area contributed by atoms with Crippen molar-refractivity contribution in [3.05, 3.63) is 0 Å². The Balaban J connectivity index is 1.51. The number of esters is 2. The molecule has 0 amide bonds. The molecule has 0 saturated heterocycles. The summed E-state index contributed by atoms with van der Waals surface area (Å²) in [5, 5.41) is 0. The van der Waals surface area contributed by atoms with Gasteiger partial charge in [0, 0.05) is 0 Å². The summed E-state index contributed by atoms with van der Waals surface area (Å²) in [7, 11) is -7.72. The van der Waals surface area contributed by atoms with Crippen molar-refractivity contribution in [1.29, 1.82) is 0 Å².